The Morgan fingerprint density at radius 2 is 1.83 bits per heavy atom. The molecule has 4 rings (SSSR count). The normalized spacial score (nSPS) is 22.1. The van der Waals surface area contributed by atoms with Crippen molar-refractivity contribution in [2.75, 3.05) is 13.1 Å². The van der Waals surface area contributed by atoms with Crippen molar-refractivity contribution in [2.45, 2.75) is 32.6 Å². The third-order valence-electron chi connectivity index (χ3n) is 4.40. The lowest BCUT2D eigenvalue weighted by atomic mass is 10.1. The molecule has 3 heterocycles. The summed E-state index contributed by atoms with van der Waals surface area (Å²) < 4.78 is 7.68. The second-order valence-corrected chi connectivity index (χ2v) is 6.61. The second-order valence-electron chi connectivity index (χ2n) is 6.61. The Morgan fingerprint density at radius 3 is 2.58 bits per heavy atom. The lowest BCUT2D eigenvalue weighted by Crippen LogP contribution is -2.44. The summed E-state index contributed by atoms with van der Waals surface area (Å²) in [7, 11) is 0. The number of morpholine rings is 1. The molecule has 1 aliphatic heterocycles. The summed E-state index contributed by atoms with van der Waals surface area (Å²) in [6.07, 6.45) is 6.49. The van der Waals surface area contributed by atoms with E-state index < -0.39 is 0 Å². The van der Waals surface area contributed by atoms with E-state index in [4.69, 9.17) is 4.74 Å². The average Bonchev–Trinajstić information content (AvgIpc) is 2.98. The number of ether oxygens (including phenoxy) is 1. The second kappa shape index (κ2) is 6.34. The quantitative estimate of drug-likeness (QED) is 0.743. The lowest BCUT2D eigenvalue weighted by molar-refractivity contribution is -0.0705. The van der Waals surface area contributed by atoms with E-state index in [1.165, 1.54) is 5.56 Å². The van der Waals surface area contributed by atoms with Crippen molar-refractivity contribution in [1.29, 1.82) is 0 Å². The first-order valence-electron chi connectivity index (χ1n) is 8.44. The number of aromatic nitrogens is 3. The van der Waals surface area contributed by atoms with Crippen LogP contribution in [0.15, 0.2) is 48.9 Å². The van der Waals surface area contributed by atoms with Gasteiger partial charge in [0.05, 0.1) is 18.4 Å². The highest BCUT2D eigenvalue weighted by molar-refractivity contribution is 5.76. The molecule has 5 heteroatoms. The molecule has 1 aliphatic rings. The van der Waals surface area contributed by atoms with E-state index >= 15 is 0 Å². The molecule has 0 amide bonds. The van der Waals surface area contributed by atoms with Crippen molar-refractivity contribution in [3.8, 4) is 11.1 Å². The van der Waals surface area contributed by atoms with Crippen molar-refractivity contribution in [1.82, 2.24) is 19.5 Å². The lowest BCUT2D eigenvalue weighted by Gasteiger charge is -2.35. The van der Waals surface area contributed by atoms with Crippen LogP contribution in [0.25, 0.3) is 16.8 Å². The van der Waals surface area contributed by atoms with Crippen LogP contribution in [0.5, 0.6) is 0 Å². The third kappa shape index (κ3) is 3.05. The molecule has 0 N–H and O–H groups in total. The summed E-state index contributed by atoms with van der Waals surface area (Å²) in [5, 5.41) is 4.49. The van der Waals surface area contributed by atoms with Gasteiger partial charge in [-0.1, -0.05) is 30.3 Å². The number of hydrogen-bond acceptors (Lipinski definition) is 4. The topological polar surface area (TPSA) is 42.7 Å². The van der Waals surface area contributed by atoms with Crippen LogP contribution in [-0.4, -0.2) is 44.8 Å². The molecule has 1 saturated heterocycles. The first kappa shape index (κ1) is 15.3. The van der Waals surface area contributed by atoms with Crippen LogP contribution in [0.3, 0.4) is 0 Å². The Hall–Kier alpha value is -2.24. The molecule has 124 valence electrons. The van der Waals surface area contributed by atoms with Gasteiger partial charge in [0.2, 0.25) is 0 Å². The largest absolute Gasteiger partial charge is 0.373 e. The van der Waals surface area contributed by atoms with Crippen LogP contribution in [0, 0.1) is 0 Å². The van der Waals surface area contributed by atoms with Gasteiger partial charge in [-0.05, 0) is 19.4 Å². The Kier molecular flexibility index (Phi) is 4.04. The first-order chi connectivity index (χ1) is 11.7. The molecule has 1 aromatic carbocycles. The minimum Gasteiger partial charge on any atom is -0.373 e. The summed E-state index contributed by atoms with van der Waals surface area (Å²) in [6.45, 7) is 7.04. The number of rotatable bonds is 3. The van der Waals surface area contributed by atoms with E-state index in [2.05, 4.69) is 47.2 Å². The Balaban J connectivity index is 1.58. The van der Waals surface area contributed by atoms with Gasteiger partial charge in [-0.25, -0.2) is 9.50 Å². The van der Waals surface area contributed by atoms with Crippen molar-refractivity contribution < 1.29 is 4.74 Å². The van der Waals surface area contributed by atoms with E-state index in [9.17, 15) is 0 Å². The van der Waals surface area contributed by atoms with Gasteiger partial charge in [-0.15, -0.1) is 0 Å². The van der Waals surface area contributed by atoms with Crippen molar-refractivity contribution >= 4 is 5.65 Å². The molecule has 2 atom stereocenters. The van der Waals surface area contributed by atoms with Crippen molar-refractivity contribution in [3.05, 3.63) is 54.5 Å². The molecule has 1 fully saturated rings. The number of nitrogens with zero attached hydrogens (tertiary/aromatic N) is 4. The maximum absolute atomic E-state index is 5.80. The van der Waals surface area contributed by atoms with E-state index in [0.29, 0.717) is 0 Å². The van der Waals surface area contributed by atoms with Crippen LogP contribution >= 0.6 is 0 Å². The SMILES string of the molecule is C[C@@H]1CN(Cc2cnc3c(-c4ccccc4)cnn3c2)C[C@H](C)O1. The van der Waals surface area contributed by atoms with Crippen LogP contribution in [-0.2, 0) is 11.3 Å². The summed E-state index contributed by atoms with van der Waals surface area (Å²) in [5.41, 5.74) is 4.28. The minimum atomic E-state index is 0.278. The Bertz CT molecular complexity index is 820. The monoisotopic (exact) mass is 322 g/mol. The van der Waals surface area contributed by atoms with E-state index in [-0.39, 0.29) is 12.2 Å². The van der Waals surface area contributed by atoms with E-state index in [1.807, 2.05) is 35.1 Å². The van der Waals surface area contributed by atoms with Gasteiger partial charge < -0.3 is 4.74 Å². The number of benzene rings is 1. The van der Waals surface area contributed by atoms with Crippen LogP contribution in [0.2, 0.25) is 0 Å². The highest BCUT2D eigenvalue weighted by Gasteiger charge is 2.22. The van der Waals surface area contributed by atoms with Crippen LogP contribution < -0.4 is 0 Å². The van der Waals surface area contributed by atoms with Crippen molar-refractivity contribution in [2.24, 2.45) is 0 Å². The van der Waals surface area contributed by atoms with Gasteiger partial charge in [-0.3, -0.25) is 4.90 Å². The summed E-state index contributed by atoms with van der Waals surface area (Å²) in [5.74, 6) is 0. The third-order valence-corrected chi connectivity index (χ3v) is 4.40. The summed E-state index contributed by atoms with van der Waals surface area (Å²) in [6, 6.07) is 10.3. The van der Waals surface area contributed by atoms with Gasteiger partial charge in [0, 0.05) is 43.2 Å². The molecule has 0 unspecified atom stereocenters. The molecular weight excluding hydrogens is 300 g/mol. The number of fused-ring (bicyclic) bond motifs is 1. The van der Waals surface area contributed by atoms with Gasteiger partial charge in [-0.2, -0.15) is 5.10 Å². The van der Waals surface area contributed by atoms with Gasteiger partial charge in [0.1, 0.15) is 0 Å². The van der Waals surface area contributed by atoms with Gasteiger partial charge in [0.25, 0.3) is 0 Å². The summed E-state index contributed by atoms with van der Waals surface area (Å²) >= 11 is 0. The predicted octanol–water partition coefficient (Wildman–Crippen LogP) is 3.01. The minimum absolute atomic E-state index is 0.278. The van der Waals surface area contributed by atoms with E-state index in [1.54, 1.807) is 0 Å². The fraction of sp³-hybridized carbons (Fsp3) is 0.368. The maximum Gasteiger partial charge on any atom is 0.162 e. The standard InChI is InChI=1S/C19H22N4O/c1-14-10-22(11-15(2)24-14)12-16-8-20-19-18(9-21-23(19)13-16)17-6-4-3-5-7-17/h3-9,13-15H,10-12H2,1-2H3/t14-,15+. The molecule has 0 aliphatic carbocycles. The first-order valence-corrected chi connectivity index (χ1v) is 8.44. The van der Waals surface area contributed by atoms with Crippen LogP contribution in [0.1, 0.15) is 19.4 Å². The molecule has 24 heavy (non-hydrogen) atoms. The van der Waals surface area contributed by atoms with Gasteiger partial charge in [0.15, 0.2) is 5.65 Å². The molecule has 3 aromatic rings. The smallest absolute Gasteiger partial charge is 0.162 e. The molecule has 0 spiro atoms. The fourth-order valence-electron chi connectivity index (χ4n) is 3.49. The molecule has 0 saturated carbocycles. The molecule has 0 radical (unpaired) electrons. The maximum atomic E-state index is 5.80. The predicted molar refractivity (Wildman–Crippen MR) is 93.7 cm³/mol. The van der Waals surface area contributed by atoms with Crippen molar-refractivity contribution in [3.63, 3.8) is 0 Å². The zero-order chi connectivity index (χ0) is 16.5. The molecule has 5 nitrogen and oxygen atoms in total. The Morgan fingerprint density at radius 1 is 1.08 bits per heavy atom. The van der Waals surface area contributed by atoms with E-state index in [0.717, 1.165) is 36.4 Å². The molecule has 2 aromatic heterocycles. The highest BCUT2D eigenvalue weighted by atomic mass is 16.5. The Labute approximate surface area is 141 Å². The highest BCUT2D eigenvalue weighted by Crippen LogP contribution is 2.23. The number of hydrogen-bond donors (Lipinski definition) is 0. The fourth-order valence-corrected chi connectivity index (χ4v) is 3.49. The van der Waals surface area contributed by atoms with Gasteiger partial charge >= 0.3 is 0 Å². The summed E-state index contributed by atoms with van der Waals surface area (Å²) in [4.78, 5) is 7.08. The zero-order valence-electron chi connectivity index (χ0n) is 14.1. The zero-order valence-corrected chi connectivity index (χ0v) is 14.1. The van der Waals surface area contributed by atoms with Crippen LogP contribution in [0.4, 0.5) is 0 Å². The average molecular weight is 322 g/mol. The molecular formula is C19H22N4O. The molecule has 0 bridgehead atoms.